The van der Waals surface area contributed by atoms with Crippen LogP contribution in [0.4, 0.5) is 0 Å². The van der Waals surface area contributed by atoms with E-state index in [2.05, 4.69) is 0 Å². The summed E-state index contributed by atoms with van der Waals surface area (Å²) in [6.45, 7) is 1.08. The van der Waals surface area contributed by atoms with Crippen molar-refractivity contribution >= 4 is 7.72 Å². The number of allylic oxidation sites excluding steroid dienone is 1. The molecule has 4 nitrogen and oxygen atoms in total. The maximum absolute atomic E-state index is 9.69. The molecule has 0 fully saturated rings. The van der Waals surface area contributed by atoms with E-state index < -0.39 is 7.72 Å². The van der Waals surface area contributed by atoms with E-state index in [1.165, 1.54) is 0 Å². The van der Waals surface area contributed by atoms with Gasteiger partial charge in [-0.05, 0) is 25.8 Å². The van der Waals surface area contributed by atoms with Crippen molar-refractivity contribution in [1.29, 1.82) is 0 Å². The molecular formula is C8H17NO3P+. The first kappa shape index (κ1) is 10.9. The molecule has 0 unspecified atom stereocenters. The zero-order valence-electron chi connectivity index (χ0n) is 7.65. The summed E-state index contributed by atoms with van der Waals surface area (Å²) >= 11 is 0. The molecular weight excluding hydrogens is 189 g/mol. The lowest BCUT2D eigenvalue weighted by atomic mass is 10.3. The van der Waals surface area contributed by atoms with Crippen molar-refractivity contribution in [3.8, 4) is 0 Å². The summed E-state index contributed by atoms with van der Waals surface area (Å²) in [5, 5.41) is 0. The van der Waals surface area contributed by atoms with Gasteiger partial charge < -0.3 is 10.5 Å². The van der Waals surface area contributed by atoms with Crippen molar-refractivity contribution in [2.24, 2.45) is 5.73 Å². The van der Waals surface area contributed by atoms with Crippen LogP contribution in [-0.2, 0) is 4.74 Å². The zero-order chi connectivity index (χ0) is 9.73. The van der Waals surface area contributed by atoms with Crippen LogP contribution in [0.1, 0.15) is 19.3 Å². The minimum Gasteiger partial charge on any atom is -0.462 e. The third-order valence-corrected chi connectivity index (χ3v) is 3.90. The van der Waals surface area contributed by atoms with Crippen LogP contribution in [0, 0.1) is 0 Å². The molecule has 1 rings (SSSR count). The van der Waals surface area contributed by atoms with Crippen molar-refractivity contribution in [2.45, 2.75) is 19.3 Å². The van der Waals surface area contributed by atoms with E-state index >= 15 is 0 Å². The second-order valence-corrected chi connectivity index (χ2v) is 5.48. The van der Waals surface area contributed by atoms with Gasteiger partial charge >= 0.3 is 7.72 Å². The maximum atomic E-state index is 9.69. The number of rotatable bonds is 4. The summed E-state index contributed by atoms with van der Waals surface area (Å²) in [6.07, 6.45) is 4.59. The van der Waals surface area contributed by atoms with Crippen LogP contribution in [0.25, 0.3) is 0 Å². The van der Waals surface area contributed by atoms with Crippen LogP contribution >= 0.6 is 7.72 Å². The average molecular weight is 206 g/mol. The Kier molecular flexibility index (Phi) is 4.13. The largest absolute Gasteiger partial charge is 0.462 e. The smallest absolute Gasteiger partial charge is 0.336 e. The quantitative estimate of drug-likeness (QED) is 0.595. The van der Waals surface area contributed by atoms with Crippen LogP contribution in [0.5, 0.6) is 0 Å². The highest BCUT2D eigenvalue weighted by Gasteiger charge is 2.41. The van der Waals surface area contributed by atoms with Gasteiger partial charge in [0.1, 0.15) is 6.16 Å². The fourth-order valence-corrected chi connectivity index (χ4v) is 2.78. The van der Waals surface area contributed by atoms with E-state index in [4.69, 9.17) is 10.5 Å². The molecule has 0 radical (unpaired) electrons. The standard InChI is InChI=1S/C8H17NO3P/c9-5-3-7-13(10,11)8-4-1-2-6-12-8/h4,10-11H,1-3,5-7,9H2/q+1. The van der Waals surface area contributed by atoms with Crippen molar-refractivity contribution in [3.63, 3.8) is 0 Å². The summed E-state index contributed by atoms with van der Waals surface area (Å²) in [7, 11) is -2.98. The molecule has 0 atom stereocenters. The molecule has 0 aromatic rings. The van der Waals surface area contributed by atoms with Crippen LogP contribution in [0.3, 0.4) is 0 Å². The van der Waals surface area contributed by atoms with E-state index in [1.807, 2.05) is 0 Å². The number of hydrogen-bond donors (Lipinski definition) is 3. The highest BCUT2D eigenvalue weighted by Crippen LogP contribution is 2.59. The SMILES string of the molecule is NCCC[P+](O)(O)C1=CCCCO1. The highest BCUT2D eigenvalue weighted by molar-refractivity contribution is 7.68. The van der Waals surface area contributed by atoms with Gasteiger partial charge in [0.05, 0.1) is 6.61 Å². The van der Waals surface area contributed by atoms with Crippen LogP contribution in [0.2, 0.25) is 0 Å². The first-order valence-corrected chi connectivity index (χ1v) is 6.42. The Bertz CT molecular complexity index is 194. The van der Waals surface area contributed by atoms with E-state index in [9.17, 15) is 9.79 Å². The van der Waals surface area contributed by atoms with Crippen LogP contribution in [0.15, 0.2) is 11.6 Å². The second-order valence-electron chi connectivity index (χ2n) is 3.13. The molecule has 0 bridgehead atoms. The number of nitrogens with two attached hydrogens (primary N) is 1. The zero-order valence-corrected chi connectivity index (χ0v) is 8.54. The molecule has 0 saturated carbocycles. The predicted molar refractivity (Wildman–Crippen MR) is 53.2 cm³/mol. The monoisotopic (exact) mass is 206 g/mol. The minimum absolute atomic E-state index is 0.343. The highest BCUT2D eigenvalue weighted by atomic mass is 31.2. The Labute approximate surface area is 78.9 Å². The lowest BCUT2D eigenvalue weighted by Gasteiger charge is -2.18. The Morgan fingerprint density at radius 2 is 2.31 bits per heavy atom. The Hall–Kier alpha value is -0.150. The molecule has 5 heteroatoms. The molecule has 4 N–H and O–H groups in total. The van der Waals surface area contributed by atoms with Gasteiger partial charge in [-0.15, -0.1) is 0 Å². The first-order chi connectivity index (χ1) is 6.17. The molecule has 0 spiro atoms. The molecule has 13 heavy (non-hydrogen) atoms. The third-order valence-electron chi connectivity index (χ3n) is 1.94. The predicted octanol–water partition coefficient (Wildman–Crippen LogP) is 0.819. The van der Waals surface area contributed by atoms with Gasteiger partial charge in [-0.25, -0.2) is 9.79 Å². The minimum atomic E-state index is -2.98. The molecule has 76 valence electrons. The molecule has 0 aromatic heterocycles. The van der Waals surface area contributed by atoms with Gasteiger partial charge in [0.25, 0.3) is 5.50 Å². The molecule has 1 aliphatic rings. The van der Waals surface area contributed by atoms with Gasteiger partial charge in [-0.2, -0.15) is 0 Å². The number of hydrogen-bond acceptors (Lipinski definition) is 4. The third kappa shape index (κ3) is 3.24. The van der Waals surface area contributed by atoms with Gasteiger partial charge in [-0.1, -0.05) is 0 Å². The van der Waals surface area contributed by atoms with Crippen molar-refractivity contribution in [3.05, 3.63) is 11.6 Å². The summed E-state index contributed by atoms with van der Waals surface area (Å²) in [6, 6.07) is 0. The van der Waals surface area contributed by atoms with Crippen molar-refractivity contribution in [1.82, 2.24) is 0 Å². The Balaban J connectivity index is 2.51. The van der Waals surface area contributed by atoms with E-state index in [0.29, 0.717) is 31.2 Å². The van der Waals surface area contributed by atoms with E-state index in [-0.39, 0.29) is 0 Å². The summed E-state index contributed by atoms with van der Waals surface area (Å²) in [4.78, 5) is 19.4. The normalized spacial score (nSPS) is 17.9. The molecule has 0 aliphatic carbocycles. The second kappa shape index (κ2) is 4.91. The van der Waals surface area contributed by atoms with Gasteiger partial charge in [-0.3, -0.25) is 0 Å². The lowest BCUT2D eigenvalue weighted by Crippen LogP contribution is -2.11. The fourth-order valence-electron chi connectivity index (χ4n) is 1.22. The molecule has 0 aromatic carbocycles. The van der Waals surface area contributed by atoms with Gasteiger partial charge in [0.15, 0.2) is 0 Å². The molecule has 0 saturated heterocycles. The van der Waals surface area contributed by atoms with E-state index in [1.54, 1.807) is 6.08 Å². The topological polar surface area (TPSA) is 75.7 Å². The summed E-state index contributed by atoms with van der Waals surface area (Å²) in [5.74, 6) is 0. The summed E-state index contributed by atoms with van der Waals surface area (Å²) in [5.41, 5.74) is 5.70. The van der Waals surface area contributed by atoms with Crippen molar-refractivity contribution in [2.75, 3.05) is 19.3 Å². The van der Waals surface area contributed by atoms with Crippen molar-refractivity contribution < 1.29 is 14.5 Å². The van der Waals surface area contributed by atoms with E-state index in [0.717, 1.165) is 12.8 Å². The van der Waals surface area contributed by atoms with Gasteiger partial charge in [0, 0.05) is 6.08 Å². The molecule has 1 aliphatic heterocycles. The van der Waals surface area contributed by atoms with Crippen LogP contribution < -0.4 is 5.73 Å². The average Bonchev–Trinajstić information content (AvgIpc) is 2.16. The maximum Gasteiger partial charge on any atom is 0.336 e. The fraction of sp³-hybridized carbons (Fsp3) is 0.750. The number of ether oxygens (including phenoxy) is 1. The molecule has 0 amide bonds. The summed E-state index contributed by atoms with van der Waals surface area (Å²) < 4.78 is 5.21. The molecule has 1 heterocycles. The van der Waals surface area contributed by atoms with Crippen LogP contribution in [-0.4, -0.2) is 29.1 Å². The Morgan fingerprint density at radius 1 is 1.54 bits per heavy atom. The lowest BCUT2D eigenvalue weighted by molar-refractivity contribution is 0.204. The Morgan fingerprint density at radius 3 is 2.85 bits per heavy atom. The first-order valence-electron chi connectivity index (χ1n) is 4.54. The van der Waals surface area contributed by atoms with Gasteiger partial charge in [0.2, 0.25) is 0 Å².